The molecule has 1 unspecified atom stereocenters. The van der Waals surface area contributed by atoms with E-state index in [0.717, 1.165) is 5.75 Å². The number of carbonyl (C=O) groups excluding carboxylic acids is 1. The molecule has 0 radical (unpaired) electrons. The molecule has 0 aromatic heterocycles. The molecule has 1 N–H and O–H groups in total. The summed E-state index contributed by atoms with van der Waals surface area (Å²) in [6, 6.07) is 7.97. The van der Waals surface area contributed by atoms with Crippen LogP contribution in [0.2, 0.25) is 0 Å². The molecular formula is C15H17FN2O2S. The van der Waals surface area contributed by atoms with Crippen LogP contribution in [0.4, 0.5) is 4.39 Å². The lowest BCUT2D eigenvalue weighted by atomic mass is 10.0. The second-order valence-corrected chi connectivity index (χ2v) is 6.06. The summed E-state index contributed by atoms with van der Waals surface area (Å²) in [5, 5.41) is 12.0. The minimum Gasteiger partial charge on any atom is -0.494 e. The molecule has 0 bridgehead atoms. The van der Waals surface area contributed by atoms with Gasteiger partial charge in [-0.3, -0.25) is 4.79 Å². The van der Waals surface area contributed by atoms with E-state index in [2.05, 4.69) is 11.4 Å². The third-order valence-electron chi connectivity index (χ3n) is 3.24. The zero-order valence-corrected chi connectivity index (χ0v) is 12.4. The van der Waals surface area contributed by atoms with Gasteiger partial charge in [-0.1, -0.05) is 0 Å². The van der Waals surface area contributed by atoms with Crippen molar-refractivity contribution in [3.63, 3.8) is 0 Å². The van der Waals surface area contributed by atoms with Crippen LogP contribution in [-0.2, 0) is 4.79 Å². The highest BCUT2D eigenvalue weighted by Gasteiger charge is 2.35. The van der Waals surface area contributed by atoms with Gasteiger partial charge in [-0.2, -0.15) is 17.0 Å². The smallest absolute Gasteiger partial charge is 0.221 e. The van der Waals surface area contributed by atoms with Crippen LogP contribution in [-0.4, -0.2) is 29.6 Å². The van der Waals surface area contributed by atoms with Gasteiger partial charge in [0.25, 0.3) is 0 Å². The zero-order valence-electron chi connectivity index (χ0n) is 11.6. The van der Waals surface area contributed by atoms with Crippen molar-refractivity contribution in [2.24, 2.45) is 0 Å². The van der Waals surface area contributed by atoms with E-state index in [4.69, 9.17) is 4.74 Å². The number of nitriles is 1. The van der Waals surface area contributed by atoms with Crippen LogP contribution in [0.1, 0.15) is 19.3 Å². The molecule has 1 aliphatic rings. The molecule has 1 fully saturated rings. The van der Waals surface area contributed by atoms with Gasteiger partial charge in [-0.15, -0.1) is 0 Å². The summed E-state index contributed by atoms with van der Waals surface area (Å²) in [5.41, 5.74) is -0.695. The van der Waals surface area contributed by atoms with Crippen molar-refractivity contribution in [2.45, 2.75) is 24.8 Å². The summed E-state index contributed by atoms with van der Waals surface area (Å²) in [6.07, 6.45) is 1.57. The van der Waals surface area contributed by atoms with E-state index >= 15 is 0 Å². The molecule has 21 heavy (non-hydrogen) atoms. The first kappa shape index (κ1) is 15.6. The largest absolute Gasteiger partial charge is 0.494 e. The maximum atomic E-state index is 12.7. The van der Waals surface area contributed by atoms with E-state index < -0.39 is 5.54 Å². The molecule has 1 atom stereocenters. The predicted octanol–water partition coefficient (Wildman–Crippen LogP) is 2.50. The number of benzene rings is 1. The van der Waals surface area contributed by atoms with E-state index in [0.29, 0.717) is 37.4 Å². The Hall–Kier alpha value is -1.74. The number of hydrogen-bond donors (Lipinski definition) is 1. The first-order valence-electron chi connectivity index (χ1n) is 6.82. The van der Waals surface area contributed by atoms with Crippen molar-refractivity contribution < 1.29 is 13.9 Å². The molecule has 112 valence electrons. The first-order chi connectivity index (χ1) is 10.1. The predicted molar refractivity (Wildman–Crippen MR) is 79.6 cm³/mol. The highest BCUT2D eigenvalue weighted by molar-refractivity contribution is 7.99. The minimum absolute atomic E-state index is 0.123. The van der Waals surface area contributed by atoms with Crippen molar-refractivity contribution in [2.75, 3.05) is 18.1 Å². The summed E-state index contributed by atoms with van der Waals surface area (Å²) < 4.78 is 18.1. The van der Waals surface area contributed by atoms with Gasteiger partial charge in [-0.05, 0) is 42.9 Å². The SMILES string of the molecule is N#CC1(NC(=O)CCCOc2ccc(F)cc2)CCSC1. The van der Waals surface area contributed by atoms with Gasteiger partial charge in [0.15, 0.2) is 0 Å². The summed E-state index contributed by atoms with van der Waals surface area (Å²) >= 11 is 1.68. The van der Waals surface area contributed by atoms with Crippen LogP contribution in [0.5, 0.6) is 5.75 Å². The Kier molecular flexibility index (Phi) is 5.45. The highest BCUT2D eigenvalue weighted by atomic mass is 32.2. The molecule has 0 spiro atoms. The maximum absolute atomic E-state index is 12.7. The van der Waals surface area contributed by atoms with E-state index in [1.807, 2.05) is 0 Å². The van der Waals surface area contributed by atoms with Gasteiger partial charge >= 0.3 is 0 Å². The minimum atomic E-state index is -0.695. The molecule has 1 saturated heterocycles. The fourth-order valence-electron chi connectivity index (χ4n) is 2.06. The lowest BCUT2D eigenvalue weighted by molar-refractivity contribution is -0.122. The topological polar surface area (TPSA) is 62.1 Å². The van der Waals surface area contributed by atoms with Crippen molar-refractivity contribution >= 4 is 17.7 Å². The zero-order chi connectivity index (χ0) is 15.1. The summed E-state index contributed by atoms with van der Waals surface area (Å²) in [5.74, 6) is 1.71. The second kappa shape index (κ2) is 7.32. The van der Waals surface area contributed by atoms with Gasteiger partial charge in [-0.25, -0.2) is 4.39 Å². The number of thioether (sulfide) groups is 1. The fraction of sp³-hybridized carbons (Fsp3) is 0.467. The number of nitrogens with zero attached hydrogens (tertiary/aromatic N) is 1. The van der Waals surface area contributed by atoms with Gasteiger partial charge in [0.2, 0.25) is 5.91 Å². The van der Waals surface area contributed by atoms with Crippen LogP contribution in [0.3, 0.4) is 0 Å². The lowest BCUT2D eigenvalue weighted by Crippen LogP contribution is -2.47. The Morgan fingerprint density at radius 2 is 2.24 bits per heavy atom. The highest BCUT2D eigenvalue weighted by Crippen LogP contribution is 2.27. The Morgan fingerprint density at radius 1 is 1.48 bits per heavy atom. The van der Waals surface area contributed by atoms with Crippen molar-refractivity contribution in [1.82, 2.24) is 5.32 Å². The standard InChI is InChI=1S/C15H17FN2O2S/c16-12-3-5-13(6-4-12)20-8-1-2-14(19)18-15(10-17)7-9-21-11-15/h3-6H,1-2,7-9,11H2,(H,18,19). The Balaban J connectivity index is 1.67. The van der Waals surface area contributed by atoms with Crippen LogP contribution in [0.25, 0.3) is 0 Å². The van der Waals surface area contributed by atoms with Gasteiger partial charge < -0.3 is 10.1 Å². The second-order valence-electron chi connectivity index (χ2n) is 4.95. The normalized spacial score (nSPS) is 20.8. The number of halogens is 1. The average Bonchev–Trinajstić information content (AvgIpc) is 2.94. The number of ether oxygens (including phenoxy) is 1. The number of carbonyl (C=O) groups is 1. The molecular weight excluding hydrogens is 291 g/mol. The Bertz CT molecular complexity index is 521. The molecule has 2 rings (SSSR count). The van der Waals surface area contributed by atoms with E-state index in [1.165, 1.54) is 12.1 Å². The van der Waals surface area contributed by atoms with E-state index in [1.54, 1.807) is 23.9 Å². The average molecular weight is 308 g/mol. The van der Waals surface area contributed by atoms with Gasteiger partial charge in [0.1, 0.15) is 17.1 Å². The van der Waals surface area contributed by atoms with Crippen molar-refractivity contribution in [3.05, 3.63) is 30.1 Å². The summed E-state index contributed by atoms with van der Waals surface area (Å²) in [4.78, 5) is 11.8. The summed E-state index contributed by atoms with van der Waals surface area (Å²) in [6.45, 7) is 0.382. The molecule has 4 nitrogen and oxygen atoms in total. The van der Waals surface area contributed by atoms with E-state index in [9.17, 15) is 14.4 Å². The molecule has 0 saturated carbocycles. The fourth-order valence-corrected chi connectivity index (χ4v) is 3.33. The van der Waals surface area contributed by atoms with Crippen molar-refractivity contribution in [1.29, 1.82) is 5.26 Å². The number of hydrogen-bond acceptors (Lipinski definition) is 4. The quantitative estimate of drug-likeness (QED) is 0.820. The monoisotopic (exact) mass is 308 g/mol. The lowest BCUT2D eigenvalue weighted by Gasteiger charge is -2.21. The third kappa shape index (κ3) is 4.64. The number of rotatable bonds is 6. The number of amides is 1. The van der Waals surface area contributed by atoms with E-state index in [-0.39, 0.29) is 11.7 Å². The van der Waals surface area contributed by atoms with Crippen LogP contribution >= 0.6 is 11.8 Å². The Labute approximate surface area is 127 Å². The van der Waals surface area contributed by atoms with Gasteiger partial charge in [0.05, 0.1) is 12.7 Å². The first-order valence-corrected chi connectivity index (χ1v) is 7.97. The van der Waals surface area contributed by atoms with Crippen molar-refractivity contribution in [3.8, 4) is 11.8 Å². The Morgan fingerprint density at radius 3 is 2.86 bits per heavy atom. The number of nitrogens with one attached hydrogen (secondary N) is 1. The molecule has 6 heteroatoms. The van der Waals surface area contributed by atoms with Crippen LogP contribution in [0.15, 0.2) is 24.3 Å². The molecule has 1 amide bonds. The molecule has 1 aromatic carbocycles. The molecule has 0 aliphatic carbocycles. The third-order valence-corrected chi connectivity index (χ3v) is 4.43. The van der Waals surface area contributed by atoms with Crippen LogP contribution < -0.4 is 10.1 Å². The molecule has 1 aromatic rings. The molecule has 1 heterocycles. The summed E-state index contributed by atoms with van der Waals surface area (Å²) in [7, 11) is 0. The van der Waals surface area contributed by atoms with Crippen LogP contribution in [0, 0.1) is 17.1 Å². The van der Waals surface area contributed by atoms with Gasteiger partial charge in [0, 0.05) is 12.2 Å². The molecule has 1 aliphatic heterocycles. The maximum Gasteiger partial charge on any atom is 0.221 e.